The second kappa shape index (κ2) is 4.60. The highest BCUT2D eigenvalue weighted by atomic mass is 32.2. The number of furan rings is 1. The molecule has 1 aromatic carbocycles. The van der Waals surface area contributed by atoms with E-state index in [0.29, 0.717) is 0 Å². The number of aromatic carboxylic acids is 1. The molecule has 2 aromatic rings. The van der Waals surface area contributed by atoms with E-state index in [1.54, 1.807) is 0 Å². The zero-order valence-electron chi connectivity index (χ0n) is 10.2. The van der Waals surface area contributed by atoms with Gasteiger partial charge >= 0.3 is 11.7 Å². The molecule has 0 radical (unpaired) electrons. The number of non-ortho nitro benzene ring substituents is 1. The van der Waals surface area contributed by atoms with Gasteiger partial charge < -0.3 is 9.52 Å². The van der Waals surface area contributed by atoms with Crippen LogP contribution >= 0.6 is 0 Å². The molecule has 0 saturated heterocycles. The molecule has 0 fully saturated rings. The number of carbonyl (C=O) groups is 1. The van der Waals surface area contributed by atoms with Crippen molar-refractivity contribution >= 4 is 32.5 Å². The number of hydrogen-bond donors (Lipinski definition) is 1. The van der Waals surface area contributed by atoms with Crippen LogP contribution in [-0.4, -0.2) is 30.2 Å². The average Bonchev–Trinajstić information content (AvgIpc) is 2.78. The van der Waals surface area contributed by atoms with E-state index in [-0.39, 0.29) is 16.7 Å². The molecule has 1 heterocycles. The van der Waals surface area contributed by atoms with Gasteiger partial charge in [0.25, 0.3) is 0 Å². The van der Waals surface area contributed by atoms with Crippen molar-refractivity contribution in [1.29, 1.82) is 0 Å². The minimum Gasteiger partial charge on any atom is -0.475 e. The van der Waals surface area contributed by atoms with Gasteiger partial charge in [-0.3, -0.25) is 10.1 Å². The van der Waals surface area contributed by atoms with E-state index in [1.165, 1.54) is 19.1 Å². The fourth-order valence-electron chi connectivity index (χ4n) is 1.82. The summed E-state index contributed by atoms with van der Waals surface area (Å²) in [6, 6.07) is 3.66. The first kappa shape index (κ1) is 14.0. The standard InChI is InChI=1S/C11H9NO7S/c1-2-20(17,18)10-6-4-3-5-7(12(15)16)8(6)19-9(10)11(13)14/h3-5H,2H2,1H3,(H,13,14). The van der Waals surface area contributed by atoms with Gasteiger partial charge in [0.15, 0.2) is 9.84 Å². The molecule has 1 N–H and O–H groups in total. The summed E-state index contributed by atoms with van der Waals surface area (Å²) in [5.41, 5.74) is -0.843. The van der Waals surface area contributed by atoms with Crippen LogP contribution in [0.15, 0.2) is 27.5 Å². The van der Waals surface area contributed by atoms with Gasteiger partial charge in [-0.05, 0) is 6.07 Å². The van der Waals surface area contributed by atoms with E-state index in [4.69, 9.17) is 9.52 Å². The Morgan fingerprint density at radius 1 is 1.45 bits per heavy atom. The molecule has 0 bridgehead atoms. The lowest BCUT2D eigenvalue weighted by molar-refractivity contribution is -0.383. The van der Waals surface area contributed by atoms with Crippen LogP contribution in [0.4, 0.5) is 5.69 Å². The van der Waals surface area contributed by atoms with Gasteiger partial charge in [-0.1, -0.05) is 13.0 Å². The summed E-state index contributed by atoms with van der Waals surface area (Å²) in [6.45, 7) is 1.34. The Balaban J connectivity index is 2.99. The number of carboxylic acid groups (broad SMARTS) is 1. The fraction of sp³-hybridized carbons (Fsp3) is 0.182. The Morgan fingerprint density at radius 2 is 2.10 bits per heavy atom. The number of carboxylic acids is 1. The molecule has 0 aliphatic heterocycles. The predicted molar refractivity (Wildman–Crippen MR) is 67.6 cm³/mol. The SMILES string of the molecule is CCS(=O)(=O)c1c(C(=O)O)oc2c([N+](=O)[O-])cccc12. The number of nitro benzene ring substituents is 1. The first-order chi connectivity index (χ1) is 9.29. The summed E-state index contributed by atoms with van der Waals surface area (Å²) in [4.78, 5) is 20.7. The fourth-order valence-corrected chi connectivity index (χ4v) is 3.02. The van der Waals surface area contributed by atoms with Crippen LogP contribution < -0.4 is 0 Å². The average molecular weight is 299 g/mol. The highest BCUT2D eigenvalue weighted by Gasteiger charge is 2.31. The van der Waals surface area contributed by atoms with Gasteiger partial charge in [0, 0.05) is 11.5 Å². The summed E-state index contributed by atoms with van der Waals surface area (Å²) in [5.74, 6) is -2.75. The number of hydrogen-bond acceptors (Lipinski definition) is 6. The molecular weight excluding hydrogens is 290 g/mol. The molecule has 20 heavy (non-hydrogen) atoms. The van der Waals surface area contributed by atoms with E-state index in [9.17, 15) is 23.3 Å². The lowest BCUT2D eigenvalue weighted by Gasteiger charge is -1.99. The molecule has 0 aliphatic carbocycles. The van der Waals surface area contributed by atoms with Crippen molar-refractivity contribution in [3.05, 3.63) is 34.1 Å². The molecule has 0 aliphatic rings. The second-order valence-electron chi connectivity index (χ2n) is 3.88. The Kier molecular flexibility index (Phi) is 3.22. The van der Waals surface area contributed by atoms with Gasteiger partial charge in [0.05, 0.1) is 10.7 Å². The van der Waals surface area contributed by atoms with Gasteiger partial charge in [-0.15, -0.1) is 0 Å². The van der Waals surface area contributed by atoms with Crippen LogP contribution in [0.5, 0.6) is 0 Å². The first-order valence-corrected chi connectivity index (χ1v) is 7.10. The minimum absolute atomic E-state index is 0.0987. The molecular formula is C11H9NO7S. The van der Waals surface area contributed by atoms with Crippen molar-refractivity contribution in [3.8, 4) is 0 Å². The molecule has 8 nitrogen and oxygen atoms in total. The van der Waals surface area contributed by atoms with Crippen molar-refractivity contribution in [1.82, 2.24) is 0 Å². The van der Waals surface area contributed by atoms with Crippen LogP contribution in [0.1, 0.15) is 17.5 Å². The summed E-state index contributed by atoms with van der Waals surface area (Å²) in [7, 11) is -3.90. The largest absolute Gasteiger partial charge is 0.475 e. The van der Waals surface area contributed by atoms with Crippen molar-refractivity contribution in [2.24, 2.45) is 0 Å². The maximum Gasteiger partial charge on any atom is 0.373 e. The van der Waals surface area contributed by atoms with Gasteiger partial charge in [0.1, 0.15) is 4.90 Å². The highest BCUT2D eigenvalue weighted by Crippen LogP contribution is 2.35. The van der Waals surface area contributed by atoms with Crippen molar-refractivity contribution in [2.75, 3.05) is 5.75 Å². The number of rotatable bonds is 4. The molecule has 2 rings (SSSR count). The number of benzene rings is 1. The molecule has 1 aromatic heterocycles. The summed E-state index contributed by atoms with van der Waals surface area (Å²) >= 11 is 0. The minimum atomic E-state index is -3.90. The van der Waals surface area contributed by atoms with E-state index in [1.807, 2.05) is 0 Å². The highest BCUT2D eigenvalue weighted by molar-refractivity contribution is 7.91. The Bertz CT molecular complexity index is 819. The number of fused-ring (bicyclic) bond motifs is 1. The molecule has 0 atom stereocenters. The van der Waals surface area contributed by atoms with Crippen molar-refractivity contribution in [3.63, 3.8) is 0 Å². The summed E-state index contributed by atoms with van der Waals surface area (Å²) < 4.78 is 28.9. The van der Waals surface area contributed by atoms with Crippen LogP contribution in [0.25, 0.3) is 11.0 Å². The molecule has 0 amide bonds. The van der Waals surface area contributed by atoms with E-state index in [0.717, 1.165) is 6.07 Å². The van der Waals surface area contributed by atoms with E-state index in [2.05, 4.69) is 0 Å². The van der Waals surface area contributed by atoms with Gasteiger partial charge in [-0.25, -0.2) is 13.2 Å². The third kappa shape index (κ3) is 2.01. The molecule has 0 spiro atoms. The van der Waals surface area contributed by atoms with Crippen molar-refractivity contribution < 1.29 is 27.7 Å². The van der Waals surface area contributed by atoms with Crippen LogP contribution in [0.3, 0.4) is 0 Å². The monoisotopic (exact) mass is 299 g/mol. The zero-order chi connectivity index (χ0) is 15.1. The van der Waals surface area contributed by atoms with E-state index < -0.39 is 37.1 Å². The van der Waals surface area contributed by atoms with Gasteiger partial charge in [-0.2, -0.15) is 0 Å². The molecule has 9 heteroatoms. The topological polar surface area (TPSA) is 128 Å². The third-order valence-corrected chi connectivity index (χ3v) is 4.52. The Hall–Kier alpha value is -2.42. The summed E-state index contributed by atoms with van der Waals surface area (Å²) in [5, 5.41) is 19.8. The summed E-state index contributed by atoms with van der Waals surface area (Å²) in [6.07, 6.45) is 0. The zero-order valence-corrected chi connectivity index (χ0v) is 11.0. The Labute approximate surface area is 112 Å². The lowest BCUT2D eigenvalue weighted by atomic mass is 10.2. The first-order valence-electron chi connectivity index (χ1n) is 5.45. The number of sulfone groups is 1. The van der Waals surface area contributed by atoms with Crippen LogP contribution in [0, 0.1) is 10.1 Å². The number of para-hydroxylation sites is 1. The second-order valence-corrected chi connectivity index (χ2v) is 6.09. The predicted octanol–water partition coefficient (Wildman–Crippen LogP) is 1.83. The maximum absolute atomic E-state index is 12.0. The quantitative estimate of drug-likeness (QED) is 0.673. The number of nitrogens with zero attached hydrogens (tertiary/aromatic N) is 1. The normalized spacial score (nSPS) is 11.7. The molecule has 0 saturated carbocycles. The van der Waals surface area contributed by atoms with Crippen molar-refractivity contribution in [2.45, 2.75) is 11.8 Å². The maximum atomic E-state index is 12.0. The van der Waals surface area contributed by atoms with Crippen LogP contribution in [0.2, 0.25) is 0 Å². The molecule has 0 unspecified atom stereocenters. The van der Waals surface area contributed by atoms with Gasteiger partial charge in [0.2, 0.25) is 11.3 Å². The lowest BCUT2D eigenvalue weighted by Crippen LogP contribution is -2.08. The number of nitro groups is 1. The smallest absolute Gasteiger partial charge is 0.373 e. The Morgan fingerprint density at radius 3 is 2.60 bits per heavy atom. The van der Waals surface area contributed by atoms with Crippen LogP contribution in [-0.2, 0) is 9.84 Å². The van der Waals surface area contributed by atoms with E-state index >= 15 is 0 Å². The third-order valence-electron chi connectivity index (χ3n) is 2.73. The molecule has 106 valence electrons.